The van der Waals surface area contributed by atoms with Crippen molar-refractivity contribution >= 4 is 12.0 Å². The molecule has 0 amide bonds. The topological polar surface area (TPSA) is 67.8 Å². The third-order valence-corrected chi connectivity index (χ3v) is 3.84. The molecule has 3 rings (SSSR count). The zero-order valence-corrected chi connectivity index (χ0v) is 15.1. The Kier molecular flexibility index (Phi) is 7.86. The molecule has 5 heteroatoms. The van der Waals surface area contributed by atoms with E-state index in [9.17, 15) is 4.79 Å². The number of benzene rings is 2. The zero-order chi connectivity index (χ0) is 18.8. The highest BCUT2D eigenvalue weighted by Gasteiger charge is 2.08. The Morgan fingerprint density at radius 2 is 2.04 bits per heavy atom. The largest absolute Gasteiger partial charge is 0.497 e. The summed E-state index contributed by atoms with van der Waals surface area (Å²) in [5.41, 5.74) is 2.48. The molecule has 26 heavy (non-hydrogen) atoms. The molecule has 2 N–H and O–H groups in total. The van der Waals surface area contributed by atoms with E-state index in [2.05, 4.69) is 17.5 Å². The maximum atomic E-state index is 10.4. The summed E-state index contributed by atoms with van der Waals surface area (Å²) in [4.78, 5) is 10.4. The maximum Gasteiger partial charge on any atom is 0.335 e. The lowest BCUT2D eigenvalue weighted by Crippen LogP contribution is -2.37. The fourth-order valence-corrected chi connectivity index (χ4v) is 2.42. The van der Waals surface area contributed by atoms with Gasteiger partial charge in [-0.2, -0.15) is 0 Å². The molecule has 1 heterocycles. The molecule has 1 saturated heterocycles. The minimum absolute atomic E-state index is 0.191. The minimum atomic E-state index is -0.872. The molecule has 5 nitrogen and oxygen atoms in total. The molecular weight excluding hydrogens is 330 g/mol. The summed E-state index contributed by atoms with van der Waals surface area (Å²) in [5, 5.41) is 11.8. The highest BCUT2D eigenvalue weighted by Crippen LogP contribution is 2.13. The Bertz CT molecular complexity index is 719. The quantitative estimate of drug-likeness (QED) is 0.880. The molecule has 1 atom stereocenters. The highest BCUT2D eigenvalue weighted by molar-refractivity contribution is 5.87. The number of carboxylic acid groups (broad SMARTS) is 1. The summed E-state index contributed by atoms with van der Waals surface area (Å²) in [6.07, 6.45) is 4.36. The normalized spacial score (nSPS) is 16.6. The molecule has 0 aliphatic carbocycles. The molecule has 0 spiro atoms. The molecule has 1 unspecified atom stereocenters. The summed E-state index contributed by atoms with van der Waals surface area (Å²) in [6.45, 7) is 4.50. The molecule has 1 aliphatic rings. The number of nitrogens with one attached hydrogen (secondary N) is 1. The molecular formula is C21H25NO4. The molecule has 0 bridgehead atoms. The maximum absolute atomic E-state index is 10.4. The van der Waals surface area contributed by atoms with E-state index in [-0.39, 0.29) is 6.10 Å². The van der Waals surface area contributed by atoms with Gasteiger partial charge in [0.25, 0.3) is 0 Å². The number of rotatable bonds is 4. The van der Waals surface area contributed by atoms with E-state index in [1.165, 1.54) is 0 Å². The number of carbonyl (C=O) groups is 1. The minimum Gasteiger partial charge on any atom is -0.497 e. The van der Waals surface area contributed by atoms with Crippen molar-refractivity contribution in [2.24, 2.45) is 0 Å². The standard InChI is InChI=1S/C13H17NO2.C8H8O2/c1-15-12-5-2-11(3-6-12)4-7-13-10-14-8-9-16-13;1-6-3-2-4-7(5-6)8(9)10/h2-7,13-14H,8-10H2,1H3;2-5H,1H3,(H,9,10). The summed E-state index contributed by atoms with van der Waals surface area (Å²) < 4.78 is 10.7. The SMILES string of the molecule is COc1ccc(C=CC2CNCCO2)cc1.Cc1cccc(C(=O)O)c1. The Morgan fingerprint density at radius 3 is 2.58 bits per heavy atom. The second-order valence-electron chi connectivity index (χ2n) is 5.92. The predicted octanol–water partition coefficient (Wildman–Crippen LogP) is 3.39. The smallest absolute Gasteiger partial charge is 0.335 e. The summed E-state index contributed by atoms with van der Waals surface area (Å²) in [5.74, 6) is 0.0106. The van der Waals surface area contributed by atoms with Crippen molar-refractivity contribution in [2.45, 2.75) is 13.0 Å². The Balaban J connectivity index is 0.000000209. The van der Waals surface area contributed by atoms with E-state index in [1.807, 2.05) is 37.3 Å². The predicted molar refractivity (Wildman–Crippen MR) is 103 cm³/mol. The number of carboxylic acids is 1. The van der Waals surface area contributed by atoms with Crippen LogP contribution in [0, 0.1) is 6.92 Å². The van der Waals surface area contributed by atoms with Gasteiger partial charge < -0.3 is 19.9 Å². The van der Waals surface area contributed by atoms with Gasteiger partial charge in [0, 0.05) is 13.1 Å². The second-order valence-corrected chi connectivity index (χ2v) is 5.92. The van der Waals surface area contributed by atoms with Gasteiger partial charge in [0.05, 0.1) is 25.4 Å². The van der Waals surface area contributed by atoms with Gasteiger partial charge in [-0.05, 0) is 36.8 Å². The van der Waals surface area contributed by atoms with Crippen LogP contribution >= 0.6 is 0 Å². The number of ether oxygens (including phenoxy) is 2. The van der Waals surface area contributed by atoms with Crippen molar-refractivity contribution in [3.05, 3.63) is 71.3 Å². The Morgan fingerprint density at radius 1 is 1.27 bits per heavy atom. The molecule has 2 aromatic rings. The van der Waals surface area contributed by atoms with Crippen LogP contribution in [0.4, 0.5) is 0 Å². The van der Waals surface area contributed by atoms with Crippen molar-refractivity contribution in [3.63, 3.8) is 0 Å². The first-order chi connectivity index (χ1) is 12.6. The van der Waals surface area contributed by atoms with Crippen LogP contribution in [0.1, 0.15) is 21.5 Å². The monoisotopic (exact) mass is 355 g/mol. The molecule has 0 radical (unpaired) electrons. The zero-order valence-electron chi connectivity index (χ0n) is 15.1. The van der Waals surface area contributed by atoms with Crippen LogP contribution in [-0.2, 0) is 4.74 Å². The Labute approximate surface area is 154 Å². The molecule has 1 fully saturated rings. The van der Waals surface area contributed by atoms with Crippen molar-refractivity contribution < 1.29 is 19.4 Å². The van der Waals surface area contributed by atoms with Gasteiger partial charge in [0.1, 0.15) is 5.75 Å². The highest BCUT2D eigenvalue weighted by atomic mass is 16.5. The number of hydrogen-bond donors (Lipinski definition) is 2. The number of aromatic carboxylic acids is 1. The van der Waals surface area contributed by atoms with E-state index in [0.717, 1.165) is 36.6 Å². The lowest BCUT2D eigenvalue weighted by atomic mass is 10.1. The van der Waals surface area contributed by atoms with Crippen LogP contribution < -0.4 is 10.1 Å². The average Bonchev–Trinajstić information content (AvgIpc) is 2.68. The van der Waals surface area contributed by atoms with E-state index in [1.54, 1.807) is 25.3 Å². The third-order valence-electron chi connectivity index (χ3n) is 3.84. The average molecular weight is 355 g/mol. The van der Waals surface area contributed by atoms with Crippen LogP contribution in [0.25, 0.3) is 6.08 Å². The van der Waals surface area contributed by atoms with E-state index >= 15 is 0 Å². The van der Waals surface area contributed by atoms with E-state index in [0.29, 0.717) is 5.56 Å². The van der Waals surface area contributed by atoms with Gasteiger partial charge in [0.15, 0.2) is 0 Å². The lowest BCUT2D eigenvalue weighted by molar-refractivity contribution is 0.0596. The van der Waals surface area contributed by atoms with Crippen molar-refractivity contribution in [1.29, 1.82) is 0 Å². The van der Waals surface area contributed by atoms with Crippen LogP contribution in [0.3, 0.4) is 0 Å². The summed E-state index contributed by atoms with van der Waals surface area (Å²) >= 11 is 0. The fraction of sp³-hybridized carbons (Fsp3) is 0.286. The second kappa shape index (κ2) is 10.4. The van der Waals surface area contributed by atoms with Crippen molar-refractivity contribution in [2.75, 3.05) is 26.8 Å². The number of hydrogen-bond acceptors (Lipinski definition) is 4. The Hall–Kier alpha value is -2.63. The summed E-state index contributed by atoms with van der Waals surface area (Å²) in [7, 11) is 1.67. The van der Waals surface area contributed by atoms with Gasteiger partial charge in [-0.3, -0.25) is 0 Å². The first-order valence-electron chi connectivity index (χ1n) is 8.53. The molecule has 1 aliphatic heterocycles. The van der Waals surface area contributed by atoms with Gasteiger partial charge in [-0.25, -0.2) is 4.79 Å². The molecule has 0 aromatic heterocycles. The first-order valence-corrected chi connectivity index (χ1v) is 8.53. The first kappa shape index (κ1) is 19.7. The summed E-state index contributed by atoms with van der Waals surface area (Å²) in [6, 6.07) is 14.8. The van der Waals surface area contributed by atoms with Gasteiger partial charge in [-0.1, -0.05) is 42.0 Å². The number of morpholine rings is 1. The lowest BCUT2D eigenvalue weighted by Gasteiger charge is -2.20. The van der Waals surface area contributed by atoms with E-state index < -0.39 is 5.97 Å². The van der Waals surface area contributed by atoms with Crippen LogP contribution in [0.5, 0.6) is 5.75 Å². The molecule has 138 valence electrons. The van der Waals surface area contributed by atoms with Crippen LogP contribution in [0.2, 0.25) is 0 Å². The van der Waals surface area contributed by atoms with E-state index in [4.69, 9.17) is 14.6 Å². The van der Waals surface area contributed by atoms with Crippen molar-refractivity contribution in [1.82, 2.24) is 5.32 Å². The number of aryl methyl sites for hydroxylation is 1. The van der Waals surface area contributed by atoms with Crippen LogP contribution in [0.15, 0.2) is 54.6 Å². The van der Waals surface area contributed by atoms with Gasteiger partial charge >= 0.3 is 5.97 Å². The van der Waals surface area contributed by atoms with Gasteiger partial charge in [0.2, 0.25) is 0 Å². The molecule has 2 aromatic carbocycles. The van der Waals surface area contributed by atoms with Crippen molar-refractivity contribution in [3.8, 4) is 5.75 Å². The molecule has 0 saturated carbocycles. The third kappa shape index (κ3) is 6.70. The van der Waals surface area contributed by atoms with Crippen LogP contribution in [-0.4, -0.2) is 44.0 Å². The fourth-order valence-electron chi connectivity index (χ4n) is 2.42. The van der Waals surface area contributed by atoms with Gasteiger partial charge in [-0.15, -0.1) is 0 Å². The number of methoxy groups -OCH3 is 1.